The lowest BCUT2D eigenvalue weighted by molar-refractivity contribution is -0.171. The predicted octanol–water partition coefficient (Wildman–Crippen LogP) is 2.39. The fourth-order valence-corrected chi connectivity index (χ4v) is 2.93. The molecular weight excluding hydrogens is 362 g/mol. The van der Waals surface area contributed by atoms with Gasteiger partial charge in [-0.3, -0.25) is 19.3 Å². The maximum absolute atomic E-state index is 13.2. The molecule has 0 aliphatic carbocycles. The molecular formula is C21H25NO6. The first kappa shape index (κ1) is 21.3. The average molecular weight is 387 g/mol. The van der Waals surface area contributed by atoms with Crippen molar-refractivity contribution in [3.63, 3.8) is 0 Å². The Morgan fingerprint density at radius 2 is 1.82 bits per heavy atom. The summed E-state index contributed by atoms with van der Waals surface area (Å²) < 4.78 is 9.97. The van der Waals surface area contributed by atoms with Gasteiger partial charge in [-0.2, -0.15) is 0 Å². The highest BCUT2D eigenvalue weighted by Crippen LogP contribution is 2.40. The van der Waals surface area contributed by atoms with Crippen molar-refractivity contribution >= 4 is 23.8 Å². The molecule has 7 nitrogen and oxygen atoms in total. The van der Waals surface area contributed by atoms with Crippen molar-refractivity contribution < 1.29 is 28.7 Å². The summed E-state index contributed by atoms with van der Waals surface area (Å²) in [5, 5.41) is 0. The van der Waals surface area contributed by atoms with Crippen LogP contribution in [0.25, 0.3) is 0 Å². The molecule has 1 saturated heterocycles. The van der Waals surface area contributed by atoms with Crippen LogP contribution in [0.3, 0.4) is 0 Å². The molecule has 28 heavy (non-hydrogen) atoms. The lowest BCUT2D eigenvalue weighted by atomic mass is 9.82. The van der Waals surface area contributed by atoms with Gasteiger partial charge in [0.15, 0.2) is 5.41 Å². The minimum Gasteiger partial charge on any atom is -0.466 e. The molecule has 2 amide bonds. The third kappa shape index (κ3) is 4.85. The molecule has 1 aliphatic heterocycles. The standard InChI is InChI=1S/C21H25NO6/c1-20(2,3)28-19(26)21(12-8-11-17(24)27-4)13-16(23)22(18(21)25)14-15-9-6-5-7-10-15/h5-11H,12-14H2,1-4H3/b11-8+/t21-/m1/s1. The Balaban J connectivity index is 2.33. The molecule has 2 rings (SSSR count). The van der Waals surface area contributed by atoms with Gasteiger partial charge in [0.25, 0.3) is 0 Å². The summed E-state index contributed by atoms with van der Waals surface area (Å²) in [4.78, 5) is 51.1. The molecule has 0 bridgehead atoms. The van der Waals surface area contributed by atoms with Crippen molar-refractivity contribution in [2.45, 2.75) is 45.8 Å². The van der Waals surface area contributed by atoms with E-state index in [9.17, 15) is 19.2 Å². The summed E-state index contributed by atoms with van der Waals surface area (Å²) in [5.41, 5.74) is -1.75. The predicted molar refractivity (Wildman–Crippen MR) is 101 cm³/mol. The van der Waals surface area contributed by atoms with Crippen LogP contribution in [0.5, 0.6) is 0 Å². The van der Waals surface area contributed by atoms with Crippen LogP contribution in [-0.2, 0) is 35.2 Å². The highest BCUT2D eigenvalue weighted by atomic mass is 16.6. The summed E-state index contributed by atoms with van der Waals surface area (Å²) in [7, 11) is 1.22. The van der Waals surface area contributed by atoms with Crippen LogP contribution in [-0.4, -0.2) is 41.4 Å². The van der Waals surface area contributed by atoms with Gasteiger partial charge in [-0.1, -0.05) is 36.4 Å². The van der Waals surface area contributed by atoms with E-state index in [0.29, 0.717) is 0 Å². The zero-order valence-corrected chi connectivity index (χ0v) is 16.6. The number of carbonyl (C=O) groups excluding carboxylic acids is 4. The van der Waals surface area contributed by atoms with E-state index in [4.69, 9.17) is 4.74 Å². The zero-order chi connectivity index (χ0) is 20.9. The van der Waals surface area contributed by atoms with Gasteiger partial charge < -0.3 is 9.47 Å². The number of hydrogen-bond acceptors (Lipinski definition) is 6. The third-order valence-corrected chi connectivity index (χ3v) is 4.30. The molecule has 1 fully saturated rings. The molecule has 1 aromatic rings. The lowest BCUT2D eigenvalue weighted by Gasteiger charge is -2.28. The second-order valence-corrected chi connectivity index (χ2v) is 7.66. The number of allylic oxidation sites excluding steroid dienone is 1. The highest BCUT2D eigenvalue weighted by Gasteiger charge is 2.57. The second kappa shape index (κ2) is 8.37. The van der Waals surface area contributed by atoms with Crippen LogP contribution in [0.1, 0.15) is 39.2 Å². The number of methoxy groups -OCH3 is 1. The van der Waals surface area contributed by atoms with Crippen molar-refractivity contribution in [2.75, 3.05) is 7.11 Å². The Morgan fingerprint density at radius 1 is 1.18 bits per heavy atom. The lowest BCUT2D eigenvalue weighted by Crippen LogP contribution is -2.44. The van der Waals surface area contributed by atoms with Crippen LogP contribution in [0, 0.1) is 5.41 Å². The van der Waals surface area contributed by atoms with Crippen LogP contribution in [0.15, 0.2) is 42.5 Å². The molecule has 150 valence electrons. The molecule has 1 atom stereocenters. The summed E-state index contributed by atoms with van der Waals surface area (Å²) in [6.07, 6.45) is 2.06. The number of benzene rings is 1. The summed E-state index contributed by atoms with van der Waals surface area (Å²) in [5.74, 6) is -2.46. The third-order valence-electron chi connectivity index (χ3n) is 4.30. The van der Waals surface area contributed by atoms with Crippen molar-refractivity contribution in [2.24, 2.45) is 5.41 Å². The Kier molecular flexibility index (Phi) is 6.38. The zero-order valence-electron chi connectivity index (χ0n) is 16.6. The first-order valence-electron chi connectivity index (χ1n) is 8.96. The minimum atomic E-state index is -1.69. The van der Waals surface area contributed by atoms with Crippen molar-refractivity contribution in [3.05, 3.63) is 48.0 Å². The molecule has 7 heteroatoms. The fourth-order valence-electron chi connectivity index (χ4n) is 2.93. The molecule has 0 N–H and O–H groups in total. The molecule has 0 aromatic heterocycles. The molecule has 1 heterocycles. The quantitative estimate of drug-likeness (QED) is 0.322. The van der Waals surface area contributed by atoms with Gasteiger partial charge >= 0.3 is 11.9 Å². The van der Waals surface area contributed by atoms with Gasteiger partial charge in [-0.15, -0.1) is 0 Å². The van der Waals surface area contributed by atoms with E-state index in [1.54, 1.807) is 45.0 Å². The normalized spacial score (nSPS) is 19.9. The number of ether oxygens (including phenoxy) is 2. The maximum Gasteiger partial charge on any atom is 0.330 e. The van der Waals surface area contributed by atoms with Gasteiger partial charge in [0.05, 0.1) is 20.1 Å². The van der Waals surface area contributed by atoms with Crippen LogP contribution in [0.2, 0.25) is 0 Å². The number of carbonyl (C=O) groups is 4. The van der Waals surface area contributed by atoms with Gasteiger partial charge in [0.2, 0.25) is 11.8 Å². The van der Waals surface area contributed by atoms with E-state index in [1.165, 1.54) is 13.2 Å². The number of hydrogen-bond donors (Lipinski definition) is 0. The van der Waals surface area contributed by atoms with Crippen LogP contribution in [0.4, 0.5) is 0 Å². The van der Waals surface area contributed by atoms with E-state index in [2.05, 4.69) is 4.74 Å². The Labute approximate surface area is 164 Å². The van der Waals surface area contributed by atoms with Crippen LogP contribution >= 0.6 is 0 Å². The number of esters is 2. The SMILES string of the molecule is COC(=O)/C=C/C[C@@]1(C(=O)OC(C)(C)C)CC(=O)N(Cc2ccccc2)C1=O. The Morgan fingerprint density at radius 3 is 2.39 bits per heavy atom. The van der Waals surface area contributed by atoms with Gasteiger partial charge in [-0.25, -0.2) is 4.79 Å². The fraction of sp³-hybridized carbons (Fsp3) is 0.429. The van der Waals surface area contributed by atoms with E-state index in [1.807, 2.05) is 6.07 Å². The number of imide groups is 1. The molecule has 1 aliphatic rings. The summed E-state index contributed by atoms with van der Waals surface area (Å²) in [6.45, 7) is 5.13. The van der Waals surface area contributed by atoms with Crippen LogP contribution < -0.4 is 0 Å². The first-order chi connectivity index (χ1) is 13.1. The molecule has 0 saturated carbocycles. The first-order valence-corrected chi connectivity index (χ1v) is 8.96. The van der Waals surface area contributed by atoms with E-state index >= 15 is 0 Å². The number of nitrogens with zero attached hydrogens (tertiary/aromatic N) is 1. The highest BCUT2D eigenvalue weighted by molar-refractivity contribution is 6.16. The summed E-state index contributed by atoms with van der Waals surface area (Å²) >= 11 is 0. The minimum absolute atomic E-state index is 0.0732. The van der Waals surface area contributed by atoms with Crippen molar-refractivity contribution in [1.29, 1.82) is 0 Å². The topological polar surface area (TPSA) is 90.0 Å². The van der Waals surface area contributed by atoms with Crippen molar-refractivity contribution in [1.82, 2.24) is 4.90 Å². The van der Waals surface area contributed by atoms with Crippen molar-refractivity contribution in [3.8, 4) is 0 Å². The maximum atomic E-state index is 13.2. The molecule has 0 radical (unpaired) electrons. The largest absolute Gasteiger partial charge is 0.466 e. The Bertz CT molecular complexity index is 793. The second-order valence-electron chi connectivity index (χ2n) is 7.66. The van der Waals surface area contributed by atoms with Gasteiger partial charge in [0.1, 0.15) is 5.60 Å². The Hall–Kier alpha value is -2.96. The smallest absolute Gasteiger partial charge is 0.330 e. The molecule has 1 aromatic carbocycles. The number of amides is 2. The van der Waals surface area contributed by atoms with E-state index in [0.717, 1.165) is 16.5 Å². The summed E-state index contributed by atoms with van der Waals surface area (Å²) in [6, 6.07) is 9.04. The number of likely N-dealkylation sites (tertiary alicyclic amines) is 1. The molecule has 0 unspecified atom stereocenters. The monoisotopic (exact) mass is 387 g/mol. The number of rotatable bonds is 6. The average Bonchev–Trinajstić information content (AvgIpc) is 2.86. The van der Waals surface area contributed by atoms with E-state index in [-0.39, 0.29) is 19.4 Å². The van der Waals surface area contributed by atoms with Gasteiger partial charge in [-0.05, 0) is 32.8 Å². The van der Waals surface area contributed by atoms with E-state index < -0.39 is 34.8 Å². The van der Waals surface area contributed by atoms with Gasteiger partial charge in [0, 0.05) is 6.08 Å². The molecule has 0 spiro atoms.